The molecule has 5 heteroatoms. The van der Waals surface area contributed by atoms with Crippen molar-refractivity contribution in [2.24, 2.45) is 11.8 Å². The molecule has 2 aliphatic carbocycles. The molecule has 4 nitrogen and oxygen atoms in total. The van der Waals surface area contributed by atoms with Gasteiger partial charge in [-0.1, -0.05) is 25.7 Å². The van der Waals surface area contributed by atoms with Crippen LogP contribution in [0.5, 0.6) is 0 Å². The fraction of sp³-hybridized carbons (Fsp3) is 0.737. The van der Waals surface area contributed by atoms with E-state index in [4.69, 9.17) is 0 Å². The van der Waals surface area contributed by atoms with Crippen molar-refractivity contribution in [1.82, 2.24) is 10.2 Å². The van der Waals surface area contributed by atoms with E-state index in [9.17, 15) is 9.90 Å². The molecule has 0 aliphatic heterocycles. The van der Waals surface area contributed by atoms with Gasteiger partial charge in [0.05, 0.1) is 6.61 Å². The van der Waals surface area contributed by atoms with Gasteiger partial charge in [-0.2, -0.15) is 11.3 Å². The number of rotatable bonds is 7. The Morgan fingerprint density at radius 1 is 1.21 bits per heavy atom. The van der Waals surface area contributed by atoms with Crippen molar-refractivity contribution in [3.63, 3.8) is 0 Å². The first-order chi connectivity index (χ1) is 11.8. The summed E-state index contributed by atoms with van der Waals surface area (Å²) in [7, 11) is 0. The fourth-order valence-corrected chi connectivity index (χ4v) is 5.12. The molecule has 24 heavy (non-hydrogen) atoms. The van der Waals surface area contributed by atoms with E-state index >= 15 is 0 Å². The largest absolute Gasteiger partial charge is 0.395 e. The Kier molecular flexibility index (Phi) is 6.55. The van der Waals surface area contributed by atoms with Gasteiger partial charge in [-0.15, -0.1) is 0 Å². The lowest BCUT2D eigenvalue weighted by atomic mass is 9.86. The van der Waals surface area contributed by atoms with E-state index in [2.05, 4.69) is 10.7 Å². The molecule has 2 aliphatic rings. The van der Waals surface area contributed by atoms with Crippen LogP contribution in [0.4, 0.5) is 4.79 Å². The second-order valence-corrected chi connectivity index (χ2v) is 8.12. The molecule has 2 N–H and O–H groups in total. The van der Waals surface area contributed by atoms with Crippen LogP contribution < -0.4 is 5.32 Å². The molecule has 0 saturated heterocycles. The quantitative estimate of drug-likeness (QED) is 0.781. The van der Waals surface area contributed by atoms with Crippen LogP contribution in [0.1, 0.15) is 56.9 Å². The van der Waals surface area contributed by atoms with Crippen LogP contribution in [0.2, 0.25) is 0 Å². The summed E-state index contributed by atoms with van der Waals surface area (Å²) < 4.78 is 0. The van der Waals surface area contributed by atoms with Gasteiger partial charge in [0, 0.05) is 19.1 Å². The summed E-state index contributed by atoms with van der Waals surface area (Å²) in [4.78, 5) is 14.7. The highest BCUT2D eigenvalue weighted by Crippen LogP contribution is 2.37. The zero-order chi connectivity index (χ0) is 16.8. The van der Waals surface area contributed by atoms with Gasteiger partial charge in [0.15, 0.2) is 0 Å². The van der Waals surface area contributed by atoms with Crippen molar-refractivity contribution < 1.29 is 9.90 Å². The second-order valence-electron chi connectivity index (χ2n) is 7.34. The number of hydrogen-bond acceptors (Lipinski definition) is 3. The SMILES string of the molecule is O=C(NC(C1CCCC1)C1CCCC1)N(CCO)Cc1ccsc1. The number of thiophene rings is 1. The monoisotopic (exact) mass is 350 g/mol. The first-order valence-electron chi connectivity index (χ1n) is 9.45. The molecule has 1 heterocycles. The summed E-state index contributed by atoms with van der Waals surface area (Å²) in [5, 5.41) is 16.8. The number of amides is 2. The number of nitrogens with zero attached hydrogens (tertiary/aromatic N) is 1. The van der Waals surface area contributed by atoms with Crippen LogP contribution in [0, 0.1) is 11.8 Å². The van der Waals surface area contributed by atoms with Gasteiger partial charge in [0.25, 0.3) is 0 Å². The van der Waals surface area contributed by atoms with Crippen LogP contribution in [0.25, 0.3) is 0 Å². The van der Waals surface area contributed by atoms with Crippen LogP contribution >= 0.6 is 11.3 Å². The van der Waals surface area contributed by atoms with Crippen molar-refractivity contribution in [3.05, 3.63) is 22.4 Å². The zero-order valence-electron chi connectivity index (χ0n) is 14.5. The fourth-order valence-electron chi connectivity index (χ4n) is 4.46. The van der Waals surface area contributed by atoms with Gasteiger partial charge < -0.3 is 15.3 Å². The number of carbonyl (C=O) groups is 1. The minimum atomic E-state index is -0.000880. The number of aliphatic hydroxyl groups excluding tert-OH is 1. The minimum absolute atomic E-state index is 0.000880. The number of urea groups is 1. The summed E-state index contributed by atoms with van der Waals surface area (Å²) in [6, 6.07) is 2.37. The van der Waals surface area contributed by atoms with Gasteiger partial charge in [-0.3, -0.25) is 0 Å². The van der Waals surface area contributed by atoms with Crippen molar-refractivity contribution in [2.75, 3.05) is 13.2 Å². The third-order valence-corrected chi connectivity index (χ3v) is 6.45. The Balaban J connectivity index is 1.65. The number of nitrogens with one attached hydrogen (secondary N) is 1. The normalized spacial score (nSPS) is 19.2. The van der Waals surface area contributed by atoms with Gasteiger partial charge in [0.1, 0.15) is 0 Å². The van der Waals surface area contributed by atoms with E-state index in [-0.39, 0.29) is 12.6 Å². The van der Waals surface area contributed by atoms with E-state index in [0.29, 0.717) is 31.0 Å². The molecule has 2 fully saturated rings. The first kappa shape index (κ1) is 17.7. The Morgan fingerprint density at radius 3 is 2.33 bits per heavy atom. The number of carbonyl (C=O) groups excluding carboxylic acids is 1. The lowest BCUT2D eigenvalue weighted by Crippen LogP contribution is -2.50. The highest BCUT2D eigenvalue weighted by atomic mass is 32.1. The zero-order valence-corrected chi connectivity index (χ0v) is 15.3. The Morgan fingerprint density at radius 2 is 1.83 bits per heavy atom. The Hall–Kier alpha value is -1.07. The maximum absolute atomic E-state index is 12.9. The lowest BCUT2D eigenvalue weighted by Gasteiger charge is -2.33. The highest BCUT2D eigenvalue weighted by Gasteiger charge is 2.34. The molecule has 0 atom stereocenters. The predicted molar refractivity (Wildman–Crippen MR) is 98.1 cm³/mol. The topological polar surface area (TPSA) is 52.6 Å². The van der Waals surface area contributed by atoms with Crippen LogP contribution in [-0.4, -0.2) is 35.2 Å². The summed E-state index contributed by atoms with van der Waals surface area (Å²) in [5.41, 5.74) is 1.14. The Bertz CT molecular complexity index is 477. The van der Waals surface area contributed by atoms with Crippen LogP contribution in [0.15, 0.2) is 16.8 Å². The van der Waals surface area contributed by atoms with Gasteiger partial charge in [-0.25, -0.2) is 4.79 Å². The molecule has 0 unspecified atom stereocenters. The van der Waals surface area contributed by atoms with Crippen LogP contribution in [-0.2, 0) is 6.54 Å². The van der Waals surface area contributed by atoms with Crippen LogP contribution in [0.3, 0.4) is 0 Å². The minimum Gasteiger partial charge on any atom is -0.395 e. The number of aliphatic hydroxyl groups is 1. The average Bonchev–Trinajstić information content (AvgIpc) is 3.34. The van der Waals surface area contributed by atoms with Gasteiger partial charge in [-0.05, 0) is 59.9 Å². The highest BCUT2D eigenvalue weighted by molar-refractivity contribution is 7.07. The molecule has 2 saturated carbocycles. The molecule has 134 valence electrons. The molecular formula is C19H30N2O2S. The Labute approximate surface area is 149 Å². The maximum Gasteiger partial charge on any atom is 0.318 e. The van der Waals surface area contributed by atoms with E-state index in [0.717, 1.165) is 5.56 Å². The molecule has 0 aromatic carbocycles. The third kappa shape index (κ3) is 4.51. The summed E-state index contributed by atoms with van der Waals surface area (Å²) in [5.74, 6) is 1.29. The van der Waals surface area contributed by atoms with Gasteiger partial charge in [0.2, 0.25) is 0 Å². The molecule has 0 radical (unpaired) electrons. The second kappa shape index (κ2) is 8.86. The van der Waals surface area contributed by atoms with Gasteiger partial charge >= 0.3 is 6.03 Å². The third-order valence-electron chi connectivity index (χ3n) is 5.72. The first-order valence-corrected chi connectivity index (χ1v) is 10.4. The van der Waals surface area contributed by atoms with Crippen molar-refractivity contribution in [1.29, 1.82) is 0 Å². The predicted octanol–water partition coefficient (Wildman–Crippen LogP) is 4.00. The molecule has 0 spiro atoms. The van der Waals surface area contributed by atoms with Crippen molar-refractivity contribution in [3.8, 4) is 0 Å². The maximum atomic E-state index is 12.9. The summed E-state index contributed by atoms with van der Waals surface area (Å²) >= 11 is 1.65. The summed E-state index contributed by atoms with van der Waals surface area (Å²) in [6.45, 7) is 0.983. The average molecular weight is 351 g/mol. The van der Waals surface area contributed by atoms with E-state index in [1.165, 1.54) is 51.4 Å². The molecule has 2 amide bonds. The molecule has 0 bridgehead atoms. The lowest BCUT2D eigenvalue weighted by molar-refractivity contribution is 0.159. The molecule has 3 rings (SSSR count). The number of hydrogen-bond donors (Lipinski definition) is 2. The standard InChI is InChI=1S/C19H30N2O2S/c22-11-10-21(13-15-9-12-24-14-15)19(23)20-18(16-5-1-2-6-16)17-7-3-4-8-17/h9,12,14,16-18,22H,1-8,10-11,13H2,(H,20,23). The molecular weight excluding hydrogens is 320 g/mol. The van der Waals surface area contributed by atoms with Crippen molar-refractivity contribution >= 4 is 17.4 Å². The smallest absolute Gasteiger partial charge is 0.318 e. The van der Waals surface area contributed by atoms with E-state index in [1.807, 2.05) is 11.4 Å². The molecule has 1 aromatic heterocycles. The van der Waals surface area contributed by atoms with E-state index < -0.39 is 0 Å². The summed E-state index contributed by atoms with van der Waals surface area (Å²) in [6.07, 6.45) is 10.2. The van der Waals surface area contributed by atoms with E-state index in [1.54, 1.807) is 16.2 Å². The molecule has 1 aromatic rings. The van der Waals surface area contributed by atoms with Crippen molar-refractivity contribution in [2.45, 2.75) is 64.0 Å².